The van der Waals surface area contributed by atoms with Gasteiger partial charge < -0.3 is 10.4 Å². The van der Waals surface area contributed by atoms with Crippen molar-refractivity contribution >= 4 is 17.6 Å². The lowest BCUT2D eigenvalue weighted by atomic mass is 10.0. The minimum absolute atomic E-state index is 0.0263. The molecule has 1 aromatic carbocycles. The molecular formula is C15H19NO3. The molecule has 102 valence electrons. The lowest BCUT2D eigenvalue weighted by Crippen LogP contribution is -2.17. The lowest BCUT2D eigenvalue weighted by molar-refractivity contribution is -0.118. The highest BCUT2D eigenvalue weighted by Gasteiger charge is 2.68. The van der Waals surface area contributed by atoms with Crippen LogP contribution in [0.5, 0.6) is 0 Å². The molecule has 0 heterocycles. The maximum absolute atomic E-state index is 12.2. The Kier molecular flexibility index (Phi) is 2.92. The number of anilines is 1. The Morgan fingerprint density at radius 3 is 2.21 bits per heavy atom. The molecule has 0 unspecified atom stereocenters. The van der Waals surface area contributed by atoms with Gasteiger partial charge >= 0.3 is 5.97 Å². The summed E-state index contributed by atoms with van der Waals surface area (Å²) in [4.78, 5) is 23.1. The van der Waals surface area contributed by atoms with E-state index in [1.54, 1.807) is 12.1 Å². The van der Waals surface area contributed by atoms with Crippen molar-refractivity contribution < 1.29 is 14.7 Å². The van der Waals surface area contributed by atoms with Crippen LogP contribution in [0.3, 0.4) is 0 Å². The normalized spacial score (nSPS) is 19.8. The molecule has 19 heavy (non-hydrogen) atoms. The van der Waals surface area contributed by atoms with Crippen LogP contribution in [0.1, 0.15) is 38.1 Å². The largest absolute Gasteiger partial charge is 0.478 e. The van der Waals surface area contributed by atoms with E-state index < -0.39 is 5.97 Å². The van der Waals surface area contributed by atoms with Crippen molar-refractivity contribution in [3.63, 3.8) is 0 Å². The molecule has 2 N–H and O–H groups in total. The molecule has 1 aromatic rings. The standard InChI is InChI=1S/C15H19NO3/c1-14(2)11(15(14,3)4)12(17)16-10-7-5-6-9(8-10)13(18)19/h5-8,11H,1-4H3,(H,16,17)(H,18,19). The van der Waals surface area contributed by atoms with Crippen LogP contribution in [-0.4, -0.2) is 17.0 Å². The molecule has 0 aliphatic heterocycles. The first-order chi connectivity index (χ1) is 8.68. The van der Waals surface area contributed by atoms with Gasteiger partial charge in [0.25, 0.3) is 0 Å². The Morgan fingerprint density at radius 1 is 1.16 bits per heavy atom. The number of hydrogen-bond acceptors (Lipinski definition) is 2. The summed E-state index contributed by atoms with van der Waals surface area (Å²) in [7, 11) is 0. The Hall–Kier alpha value is -1.84. The van der Waals surface area contributed by atoms with Gasteiger partial charge in [-0.05, 0) is 29.0 Å². The number of amides is 1. The van der Waals surface area contributed by atoms with Crippen LogP contribution in [0.15, 0.2) is 24.3 Å². The highest BCUT2D eigenvalue weighted by molar-refractivity contribution is 5.97. The van der Waals surface area contributed by atoms with E-state index in [-0.39, 0.29) is 28.2 Å². The van der Waals surface area contributed by atoms with Crippen LogP contribution in [0.25, 0.3) is 0 Å². The first-order valence-corrected chi connectivity index (χ1v) is 6.32. The summed E-state index contributed by atoms with van der Waals surface area (Å²) < 4.78 is 0. The van der Waals surface area contributed by atoms with Gasteiger partial charge in [0.05, 0.1) is 5.56 Å². The van der Waals surface area contributed by atoms with Gasteiger partial charge in [-0.2, -0.15) is 0 Å². The maximum Gasteiger partial charge on any atom is 0.335 e. The second kappa shape index (κ2) is 4.08. The van der Waals surface area contributed by atoms with Crippen molar-refractivity contribution in [3.8, 4) is 0 Å². The number of nitrogens with one attached hydrogen (secondary N) is 1. The Balaban J connectivity index is 2.13. The fourth-order valence-electron chi connectivity index (χ4n) is 2.80. The minimum atomic E-state index is -0.997. The molecule has 4 heteroatoms. The van der Waals surface area contributed by atoms with Gasteiger partial charge in [0.2, 0.25) is 5.91 Å². The van der Waals surface area contributed by atoms with Crippen molar-refractivity contribution in [1.82, 2.24) is 0 Å². The zero-order chi connectivity index (χ0) is 14.4. The summed E-state index contributed by atoms with van der Waals surface area (Å²) in [6.45, 7) is 8.30. The molecule has 0 atom stereocenters. The van der Waals surface area contributed by atoms with Gasteiger partial charge in [-0.3, -0.25) is 4.79 Å². The van der Waals surface area contributed by atoms with E-state index in [9.17, 15) is 9.59 Å². The number of carbonyl (C=O) groups is 2. The van der Waals surface area contributed by atoms with E-state index in [0.29, 0.717) is 5.69 Å². The molecular weight excluding hydrogens is 242 g/mol. The number of aromatic carboxylic acids is 1. The highest BCUT2D eigenvalue weighted by Crippen LogP contribution is 2.68. The fourth-order valence-corrected chi connectivity index (χ4v) is 2.80. The Morgan fingerprint density at radius 2 is 1.74 bits per heavy atom. The quantitative estimate of drug-likeness (QED) is 0.879. The highest BCUT2D eigenvalue weighted by atomic mass is 16.4. The second-order valence-electron chi connectivity index (χ2n) is 6.25. The predicted molar refractivity (Wildman–Crippen MR) is 73.1 cm³/mol. The van der Waals surface area contributed by atoms with E-state index in [1.807, 2.05) is 0 Å². The molecule has 4 nitrogen and oxygen atoms in total. The van der Waals surface area contributed by atoms with Gasteiger partial charge in [0, 0.05) is 11.6 Å². The van der Waals surface area contributed by atoms with E-state index in [2.05, 4.69) is 33.0 Å². The van der Waals surface area contributed by atoms with Crippen molar-refractivity contribution in [2.45, 2.75) is 27.7 Å². The van der Waals surface area contributed by atoms with Crippen LogP contribution in [0.2, 0.25) is 0 Å². The molecule has 1 aliphatic carbocycles. The summed E-state index contributed by atoms with van der Waals surface area (Å²) in [5.41, 5.74) is 0.652. The first kappa shape index (κ1) is 13.6. The van der Waals surface area contributed by atoms with Crippen molar-refractivity contribution in [1.29, 1.82) is 0 Å². The van der Waals surface area contributed by atoms with Gasteiger partial charge in [0.1, 0.15) is 0 Å². The Labute approximate surface area is 112 Å². The van der Waals surface area contributed by atoms with Crippen molar-refractivity contribution in [2.24, 2.45) is 16.7 Å². The average Bonchev–Trinajstić information content (AvgIpc) is 2.69. The fraction of sp³-hybridized carbons (Fsp3) is 0.467. The van der Waals surface area contributed by atoms with Gasteiger partial charge in [-0.1, -0.05) is 33.8 Å². The zero-order valence-electron chi connectivity index (χ0n) is 11.7. The van der Waals surface area contributed by atoms with Crippen LogP contribution in [0.4, 0.5) is 5.69 Å². The van der Waals surface area contributed by atoms with Crippen molar-refractivity contribution in [2.75, 3.05) is 5.32 Å². The zero-order valence-corrected chi connectivity index (χ0v) is 11.7. The van der Waals surface area contributed by atoms with E-state index >= 15 is 0 Å². The van der Waals surface area contributed by atoms with Crippen LogP contribution in [0, 0.1) is 16.7 Å². The van der Waals surface area contributed by atoms with E-state index in [1.165, 1.54) is 12.1 Å². The van der Waals surface area contributed by atoms with Crippen LogP contribution in [-0.2, 0) is 4.79 Å². The SMILES string of the molecule is CC1(C)C(C(=O)Nc2cccc(C(=O)O)c2)C1(C)C. The van der Waals surface area contributed by atoms with Gasteiger partial charge in [0.15, 0.2) is 0 Å². The van der Waals surface area contributed by atoms with Crippen molar-refractivity contribution in [3.05, 3.63) is 29.8 Å². The molecule has 2 rings (SSSR count). The predicted octanol–water partition coefficient (Wildman–Crippen LogP) is 3.01. The third-order valence-corrected chi connectivity index (χ3v) is 4.66. The monoisotopic (exact) mass is 261 g/mol. The molecule has 1 aliphatic rings. The van der Waals surface area contributed by atoms with E-state index in [0.717, 1.165) is 0 Å². The third-order valence-electron chi connectivity index (χ3n) is 4.66. The molecule has 0 radical (unpaired) electrons. The van der Waals surface area contributed by atoms with Gasteiger partial charge in [-0.25, -0.2) is 4.79 Å². The number of carboxylic acids is 1. The van der Waals surface area contributed by atoms with Gasteiger partial charge in [-0.15, -0.1) is 0 Å². The number of carbonyl (C=O) groups excluding carboxylic acids is 1. The number of hydrogen-bond donors (Lipinski definition) is 2. The van der Waals surface area contributed by atoms with Crippen LogP contribution < -0.4 is 5.32 Å². The molecule has 1 saturated carbocycles. The minimum Gasteiger partial charge on any atom is -0.478 e. The number of carboxylic acid groups (broad SMARTS) is 1. The third kappa shape index (κ3) is 2.11. The molecule has 0 aromatic heterocycles. The molecule has 1 fully saturated rings. The summed E-state index contributed by atoms with van der Waals surface area (Å²) in [6.07, 6.45) is 0. The Bertz CT molecular complexity index is 532. The van der Waals surface area contributed by atoms with Crippen LogP contribution >= 0.6 is 0 Å². The molecule has 0 bridgehead atoms. The second-order valence-corrected chi connectivity index (χ2v) is 6.25. The molecule has 0 saturated heterocycles. The first-order valence-electron chi connectivity index (χ1n) is 6.32. The number of rotatable bonds is 3. The van der Waals surface area contributed by atoms with E-state index in [4.69, 9.17) is 5.11 Å². The summed E-state index contributed by atoms with van der Waals surface area (Å²) >= 11 is 0. The maximum atomic E-state index is 12.2. The summed E-state index contributed by atoms with van der Waals surface area (Å²) in [6, 6.07) is 6.31. The average molecular weight is 261 g/mol. The summed E-state index contributed by atoms with van der Waals surface area (Å²) in [5.74, 6) is -1.09. The smallest absolute Gasteiger partial charge is 0.335 e. The number of benzene rings is 1. The molecule has 1 amide bonds. The lowest BCUT2D eigenvalue weighted by Gasteiger charge is -2.07. The topological polar surface area (TPSA) is 66.4 Å². The molecule has 0 spiro atoms. The summed E-state index contributed by atoms with van der Waals surface area (Å²) in [5, 5.41) is 11.7.